The van der Waals surface area contributed by atoms with E-state index in [-0.39, 0.29) is 42.7 Å². The molecule has 10 heteroatoms. The van der Waals surface area contributed by atoms with Crippen LogP contribution in [0.4, 0.5) is 11.4 Å². The summed E-state index contributed by atoms with van der Waals surface area (Å²) in [5.41, 5.74) is 4.35. The Kier molecular flexibility index (Phi) is 10.8. The van der Waals surface area contributed by atoms with Gasteiger partial charge in [0.25, 0.3) is 11.8 Å². The molecule has 3 amide bonds. The number of benzene rings is 5. The standard InChI is InChI=1S/C49H51N3O7/c1-31-45(48(2,3)36-17-22-40(58-5)23-18-36)43(27-44(54)51-29-35-14-10-9-13-34(35)25-38(51)30-53)59-49(31)41-26-37(50-46(55)33-15-20-39(57-4)21-16-33)19-24-42(41)52(47(49)56)28-32-11-7-6-8-12-32/h6-24,26,31,38,43,45,53H,25,27-30H2,1-5H3,(H,50,55)/t31-,38+,43+,45-,49+/m1/s1. The second-order valence-electron chi connectivity index (χ2n) is 16.5. The number of amides is 3. The molecule has 0 aliphatic carbocycles. The first-order valence-electron chi connectivity index (χ1n) is 20.2. The molecule has 1 fully saturated rings. The average molecular weight is 794 g/mol. The number of ether oxygens (including phenoxy) is 3. The molecule has 8 rings (SSSR count). The van der Waals surface area contributed by atoms with Crippen molar-refractivity contribution >= 4 is 29.1 Å². The lowest BCUT2D eigenvalue weighted by Gasteiger charge is -2.40. The van der Waals surface area contributed by atoms with Gasteiger partial charge in [-0.05, 0) is 88.7 Å². The van der Waals surface area contributed by atoms with Gasteiger partial charge in [0.2, 0.25) is 5.91 Å². The van der Waals surface area contributed by atoms with Gasteiger partial charge in [0.1, 0.15) is 11.5 Å². The van der Waals surface area contributed by atoms with E-state index in [1.54, 1.807) is 48.3 Å². The molecule has 3 heterocycles. The Bertz CT molecular complexity index is 2350. The molecule has 0 saturated carbocycles. The van der Waals surface area contributed by atoms with Gasteiger partial charge >= 0.3 is 0 Å². The molecule has 1 saturated heterocycles. The molecule has 0 unspecified atom stereocenters. The van der Waals surface area contributed by atoms with Crippen LogP contribution in [-0.4, -0.2) is 60.7 Å². The maximum absolute atomic E-state index is 15.4. The molecule has 304 valence electrons. The van der Waals surface area contributed by atoms with Gasteiger partial charge < -0.3 is 34.4 Å². The third-order valence-electron chi connectivity index (χ3n) is 12.9. The van der Waals surface area contributed by atoms with Gasteiger partial charge in [-0.15, -0.1) is 0 Å². The normalized spacial score (nSPS) is 22.2. The van der Waals surface area contributed by atoms with Gasteiger partial charge in [0.05, 0.1) is 51.6 Å². The Balaban J connectivity index is 1.21. The summed E-state index contributed by atoms with van der Waals surface area (Å²) in [7, 11) is 3.21. The molecule has 0 radical (unpaired) electrons. The first-order valence-corrected chi connectivity index (χ1v) is 20.2. The van der Waals surface area contributed by atoms with Crippen LogP contribution in [0.5, 0.6) is 11.5 Å². The third kappa shape index (κ3) is 7.14. The van der Waals surface area contributed by atoms with E-state index in [1.807, 2.05) is 91.0 Å². The third-order valence-corrected chi connectivity index (χ3v) is 12.9. The SMILES string of the molecule is COc1ccc(C(=O)Nc2ccc3c(c2)[C@]2(O[C@@H](CC(=O)N4Cc5ccccc5C[C@H]4CO)[C@H](C(C)(C)c4ccc(OC)cc4)[C@H]2C)C(=O)N3Cc2ccccc2)cc1. The van der Waals surface area contributed by atoms with E-state index in [2.05, 4.69) is 32.2 Å². The van der Waals surface area contributed by atoms with E-state index in [1.165, 1.54) is 0 Å². The van der Waals surface area contributed by atoms with Crippen LogP contribution in [0.1, 0.15) is 65.4 Å². The van der Waals surface area contributed by atoms with E-state index >= 15 is 4.79 Å². The zero-order valence-electron chi connectivity index (χ0n) is 34.2. The van der Waals surface area contributed by atoms with Crippen LogP contribution < -0.4 is 19.7 Å². The van der Waals surface area contributed by atoms with Gasteiger partial charge in [-0.3, -0.25) is 14.4 Å². The number of aliphatic hydroxyl groups excluding tert-OH is 1. The van der Waals surface area contributed by atoms with E-state index in [9.17, 15) is 14.7 Å². The van der Waals surface area contributed by atoms with Crippen molar-refractivity contribution in [3.8, 4) is 11.5 Å². The molecule has 0 bridgehead atoms. The van der Waals surface area contributed by atoms with Crippen LogP contribution >= 0.6 is 0 Å². The Morgan fingerprint density at radius 3 is 2.17 bits per heavy atom. The number of nitrogens with one attached hydrogen (secondary N) is 1. The van der Waals surface area contributed by atoms with Crippen LogP contribution in [-0.2, 0) is 44.9 Å². The minimum atomic E-state index is -1.49. The maximum Gasteiger partial charge on any atom is 0.264 e. The van der Waals surface area contributed by atoms with Crippen LogP contribution in [0.2, 0.25) is 0 Å². The Hall–Kier alpha value is -5.97. The van der Waals surface area contributed by atoms with Crippen LogP contribution in [0.15, 0.2) is 121 Å². The monoisotopic (exact) mass is 793 g/mol. The number of aliphatic hydroxyl groups is 1. The second-order valence-corrected chi connectivity index (χ2v) is 16.5. The number of carbonyl (C=O) groups excluding carboxylic acids is 3. The summed E-state index contributed by atoms with van der Waals surface area (Å²) >= 11 is 0. The molecular formula is C49H51N3O7. The number of hydrogen-bond donors (Lipinski definition) is 2. The van der Waals surface area contributed by atoms with E-state index in [0.29, 0.717) is 47.8 Å². The Morgan fingerprint density at radius 1 is 0.864 bits per heavy atom. The minimum Gasteiger partial charge on any atom is -0.497 e. The summed E-state index contributed by atoms with van der Waals surface area (Å²) in [5.74, 6) is -0.0740. The van der Waals surface area contributed by atoms with Crippen LogP contribution in [0, 0.1) is 11.8 Å². The minimum absolute atomic E-state index is 0.00417. The maximum atomic E-state index is 15.4. The number of rotatable bonds is 11. The number of fused-ring (bicyclic) bond motifs is 3. The van der Waals surface area contributed by atoms with E-state index in [4.69, 9.17) is 14.2 Å². The number of hydrogen-bond acceptors (Lipinski definition) is 7. The van der Waals surface area contributed by atoms with Crippen molar-refractivity contribution in [2.75, 3.05) is 31.0 Å². The summed E-state index contributed by atoms with van der Waals surface area (Å²) in [6.45, 7) is 6.88. The summed E-state index contributed by atoms with van der Waals surface area (Å²) in [5, 5.41) is 13.6. The van der Waals surface area contributed by atoms with Crippen molar-refractivity contribution in [3.05, 3.63) is 155 Å². The largest absolute Gasteiger partial charge is 0.497 e. The topological polar surface area (TPSA) is 118 Å². The Morgan fingerprint density at radius 2 is 1.51 bits per heavy atom. The molecule has 1 spiro atoms. The number of carbonyl (C=O) groups is 3. The quantitative estimate of drug-likeness (QED) is 0.141. The van der Waals surface area contributed by atoms with Gasteiger partial charge in [0, 0.05) is 35.2 Å². The predicted molar refractivity (Wildman–Crippen MR) is 226 cm³/mol. The highest BCUT2D eigenvalue weighted by atomic mass is 16.5. The lowest BCUT2D eigenvalue weighted by atomic mass is 9.63. The van der Waals surface area contributed by atoms with Crippen LogP contribution in [0.25, 0.3) is 0 Å². The van der Waals surface area contributed by atoms with Crippen molar-refractivity contribution in [1.29, 1.82) is 0 Å². The molecule has 3 aliphatic heterocycles. The van der Waals surface area contributed by atoms with E-state index < -0.39 is 23.0 Å². The molecule has 5 aromatic carbocycles. The predicted octanol–water partition coefficient (Wildman–Crippen LogP) is 7.66. The van der Waals surface area contributed by atoms with Crippen molar-refractivity contribution in [2.45, 2.75) is 69.9 Å². The average Bonchev–Trinajstić information content (AvgIpc) is 3.68. The highest BCUT2D eigenvalue weighted by Gasteiger charge is 2.66. The Labute approximate surface area is 345 Å². The van der Waals surface area contributed by atoms with Crippen molar-refractivity contribution in [1.82, 2.24) is 4.90 Å². The summed E-state index contributed by atoms with van der Waals surface area (Å²) in [6, 6.07) is 37.8. The summed E-state index contributed by atoms with van der Waals surface area (Å²) < 4.78 is 18.1. The lowest BCUT2D eigenvalue weighted by Crippen LogP contribution is -2.48. The number of nitrogens with zero attached hydrogens (tertiary/aromatic N) is 2. The second kappa shape index (κ2) is 16.0. The highest BCUT2D eigenvalue weighted by Crippen LogP contribution is 2.60. The van der Waals surface area contributed by atoms with E-state index in [0.717, 1.165) is 28.0 Å². The van der Waals surface area contributed by atoms with Crippen LogP contribution in [0.3, 0.4) is 0 Å². The van der Waals surface area contributed by atoms with Gasteiger partial charge in [-0.2, -0.15) is 0 Å². The zero-order valence-corrected chi connectivity index (χ0v) is 34.2. The molecule has 10 nitrogen and oxygen atoms in total. The fourth-order valence-electron chi connectivity index (χ4n) is 9.79. The molecule has 59 heavy (non-hydrogen) atoms. The fraction of sp³-hybridized carbons (Fsp3) is 0.327. The smallest absolute Gasteiger partial charge is 0.264 e. The molecule has 2 N–H and O–H groups in total. The van der Waals surface area contributed by atoms with Gasteiger partial charge in [-0.25, -0.2) is 0 Å². The molecular weight excluding hydrogens is 743 g/mol. The van der Waals surface area contributed by atoms with Gasteiger partial charge in [-0.1, -0.05) is 87.5 Å². The summed E-state index contributed by atoms with van der Waals surface area (Å²) in [6.07, 6.45) is -0.141. The lowest BCUT2D eigenvalue weighted by molar-refractivity contribution is -0.151. The highest BCUT2D eigenvalue weighted by molar-refractivity contribution is 6.09. The number of methoxy groups -OCH3 is 2. The first kappa shape index (κ1) is 39.8. The van der Waals surface area contributed by atoms with Crippen molar-refractivity contribution in [2.24, 2.45) is 11.8 Å². The van der Waals surface area contributed by atoms with Crippen molar-refractivity contribution in [3.63, 3.8) is 0 Å². The molecule has 0 aromatic heterocycles. The molecule has 3 aliphatic rings. The van der Waals surface area contributed by atoms with Crippen molar-refractivity contribution < 1.29 is 33.7 Å². The summed E-state index contributed by atoms with van der Waals surface area (Å²) in [4.78, 5) is 47.2. The number of anilines is 2. The molecule has 5 aromatic rings. The van der Waals surface area contributed by atoms with Gasteiger partial charge in [0.15, 0.2) is 5.60 Å². The zero-order chi connectivity index (χ0) is 41.5. The fourth-order valence-corrected chi connectivity index (χ4v) is 9.79. The molecule has 5 atom stereocenters. The first-order chi connectivity index (χ1) is 28.5.